The van der Waals surface area contributed by atoms with Gasteiger partial charge in [0.25, 0.3) is 5.91 Å². The molecule has 174 valence electrons. The number of thioether (sulfide) groups is 1. The lowest BCUT2D eigenvalue weighted by molar-refractivity contribution is -0.113. The molecule has 0 aromatic heterocycles. The van der Waals surface area contributed by atoms with Crippen LogP contribution in [0.2, 0.25) is 0 Å². The van der Waals surface area contributed by atoms with Crippen LogP contribution in [0.3, 0.4) is 0 Å². The number of nitriles is 1. The van der Waals surface area contributed by atoms with Gasteiger partial charge in [-0.2, -0.15) is 5.26 Å². The normalized spacial score (nSPS) is 14.1. The van der Waals surface area contributed by atoms with Gasteiger partial charge in [0.1, 0.15) is 11.4 Å². The van der Waals surface area contributed by atoms with Crippen LogP contribution in [-0.4, -0.2) is 29.7 Å². The highest BCUT2D eigenvalue weighted by molar-refractivity contribution is 8.14. The lowest BCUT2D eigenvalue weighted by Gasteiger charge is -2.19. The Labute approximate surface area is 208 Å². The number of Topliss-reactive ketones (excluding diaryl/α,β-unsaturated/α-hetero) is 1. The first-order valence-corrected chi connectivity index (χ1v) is 11.9. The fourth-order valence-corrected chi connectivity index (χ4v) is 4.61. The molecule has 3 aromatic carbocycles. The van der Waals surface area contributed by atoms with E-state index in [1.807, 2.05) is 62.4 Å². The van der Waals surface area contributed by atoms with Crippen LogP contribution >= 0.6 is 11.8 Å². The van der Waals surface area contributed by atoms with Gasteiger partial charge in [-0.1, -0.05) is 42.1 Å². The Bertz CT molecular complexity index is 1360. The fourth-order valence-electron chi connectivity index (χ4n) is 3.70. The predicted octanol–water partition coefficient (Wildman–Crippen LogP) is 5.54. The molecule has 4 rings (SSSR count). The van der Waals surface area contributed by atoms with Gasteiger partial charge >= 0.3 is 0 Å². The number of hydrogen-bond acceptors (Lipinski definition) is 6. The molecule has 0 fully saturated rings. The van der Waals surface area contributed by atoms with Crippen molar-refractivity contribution in [3.63, 3.8) is 0 Å². The lowest BCUT2D eigenvalue weighted by atomic mass is 10.1. The predicted molar refractivity (Wildman–Crippen MR) is 140 cm³/mol. The zero-order valence-corrected chi connectivity index (χ0v) is 20.4. The minimum absolute atomic E-state index is 0.106. The second-order valence-corrected chi connectivity index (χ2v) is 9.03. The molecule has 1 amide bonds. The second-order valence-electron chi connectivity index (χ2n) is 8.08. The van der Waals surface area contributed by atoms with Gasteiger partial charge in [0.05, 0.1) is 30.2 Å². The van der Waals surface area contributed by atoms with E-state index >= 15 is 0 Å². The molecule has 7 heteroatoms. The Kier molecular flexibility index (Phi) is 7.14. The van der Waals surface area contributed by atoms with Gasteiger partial charge in [-0.15, -0.1) is 0 Å². The standard InChI is InChI=1S/C28H23N3O3S/c1-18-12-19(2)14-23(13-18)31-27(33)25(15-20-6-10-24(34-3)11-7-20)30-28(31)35-17-26(32)22-8-4-21(16-29)5-9-22/h4-15H,17H2,1-3H3/b25-15+. The van der Waals surface area contributed by atoms with Gasteiger partial charge in [-0.05, 0) is 73.0 Å². The summed E-state index contributed by atoms with van der Waals surface area (Å²) in [5.74, 6) is 0.472. The number of aryl methyl sites for hydroxylation is 2. The summed E-state index contributed by atoms with van der Waals surface area (Å²) in [5, 5.41) is 9.41. The number of hydrogen-bond donors (Lipinski definition) is 0. The number of rotatable bonds is 6. The third kappa shape index (κ3) is 5.51. The third-order valence-corrected chi connectivity index (χ3v) is 6.32. The minimum atomic E-state index is -0.251. The number of amidine groups is 1. The van der Waals surface area contributed by atoms with Crippen molar-refractivity contribution >= 4 is 40.4 Å². The van der Waals surface area contributed by atoms with Crippen molar-refractivity contribution in [2.24, 2.45) is 4.99 Å². The summed E-state index contributed by atoms with van der Waals surface area (Å²) in [7, 11) is 1.60. The summed E-state index contributed by atoms with van der Waals surface area (Å²) in [6.07, 6.45) is 1.73. The molecule has 1 aliphatic heterocycles. The summed E-state index contributed by atoms with van der Waals surface area (Å²) in [4.78, 5) is 32.4. The van der Waals surface area contributed by atoms with Crippen molar-refractivity contribution in [3.05, 3.63) is 100 Å². The SMILES string of the molecule is COc1ccc(/C=C2/N=C(SCC(=O)c3ccc(C#N)cc3)N(c3cc(C)cc(C)c3)C2=O)cc1. The Morgan fingerprint density at radius 2 is 1.71 bits per heavy atom. The molecule has 0 spiro atoms. The number of ether oxygens (including phenoxy) is 1. The molecule has 1 aliphatic rings. The molecule has 0 aliphatic carbocycles. The molecule has 0 unspecified atom stereocenters. The van der Waals surface area contributed by atoms with E-state index in [0.29, 0.717) is 27.7 Å². The van der Waals surface area contributed by atoms with Crippen molar-refractivity contribution < 1.29 is 14.3 Å². The van der Waals surface area contributed by atoms with E-state index in [9.17, 15) is 9.59 Å². The molecule has 0 N–H and O–H groups in total. The molecule has 6 nitrogen and oxygen atoms in total. The van der Waals surface area contributed by atoms with E-state index in [1.165, 1.54) is 11.8 Å². The van der Waals surface area contributed by atoms with Crippen LogP contribution in [0.4, 0.5) is 5.69 Å². The van der Waals surface area contributed by atoms with Crippen molar-refractivity contribution in [1.82, 2.24) is 0 Å². The molecular weight excluding hydrogens is 458 g/mol. The molecule has 0 atom stereocenters. The average Bonchev–Trinajstić information content (AvgIpc) is 3.17. The summed E-state index contributed by atoms with van der Waals surface area (Å²) in [5.41, 5.74) is 4.88. The molecule has 35 heavy (non-hydrogen) atoms. The molecule has 1 heterocycles. The number of nitrogens with zero attached hydrogens (tertiary/aromatic N) is 3. The number of aliphatic imine (C=N–C) groups is 1. The number of methoxy groups -OCH3 is 1. The van der Waals surface area contributed by atoms with E-state index < -0.39 is 0 Å². The minimum Gasteiger partial charge on any atom is -0.497 e. The molecule has 0 bridgehead atoms. The van der Waals surface area contributed by atoms with Gasteiger partial charge in [0, 0.05) is 5.56 Å². The van der Waals surface area contributed by atoms with Gasteiger partial charge in [-0.25, -0.2) is 4.99 Å². The highest BCUT2D eigenvalue weighted by Gasteiger charge is 2.32. The lowest BCUT2D eigenvalue weighted by Crippen LogP contribution is -2.31. The Hall–Kier alpha value is -4.15. The zero-order chi connectivity index (χ0) is 24.9. The van der Waals surface area contributed by atoms with E-state index in [1.54, 1.807) is 42.4 Å². The maximum Gasteiger partial charge on any atom is 0.283 e. The second kappa shape index (κ2) is 10.4. The molecule has 0 saturated carbocycles. The van der Waals surface area contributed by atoms with Gasteiger partial charge in [-0.3, -0.25) is 14.5 Å². The van der Waals surface area contributed by atoms with Crippen LogP contribution in [0.25, 0.3) is 6.08 Å². The zero-order valence-electron chi connectivity index (χ0n) is 19.6. The van der Waals surface area contributed by atoms with Gasteiger partial charge < -0.3 is 4.74 Å². The van der Waals surface area contributed by atoms with Crippen molar-refractivity contribution in [3.8, 4) is 11.8 Å². The fraction of sp³-hybridized carbons (Fsp3) is 0.143. The van der Waals surface area contributed by atoms with E-state index in [4.69, 9.17) is 10.00 Å². The third-order valence-electron chi connectivity index (χ3n) is 5.38. The summed E-state index contributed by atoms with van der Waals surface area (Å²) in [6.45, 7) is 3.95. The summed E-state index contributed by atoms with van der Waals surface area (Å²) in [6, 6.07) is 21.8. The first kappa shape index (κ1) is 24.0. The van der Waals surface area contributed by atoms with Crippen LogP contribution in [0.15, 0.2) is 77.4 Å². The number of carbonyl (C=O) groups excluding carboxylic acids is 2. The molecular formula is C28H23N3O3S. The summed E-state index contributed by atoms with van der Waals surface area (Å²) < 4.78 is 5.20. The highest BCUT2D eigenvalue weighted by atomic mass is 32.2. The Morgan fingerprint density at radius 1 is 1.06 bits per heavy atom. The number of anilines is 1. The molecule has 3 aromatic rings. The van der Waals surface area contributed by atoms with Crippen LogP contribution < -0.4 is 9.64 Å². The van der Waals surface area contributed by atoms with Crippen LogP contribution in [-0.2, 0) is 4.79 Å². The maximum atomic E-state index is 13.4. The smallest absolute Gasteiger partial charge is 0.283 e. The first-order chi connectivity index (χ1) is 16.9. The summed E-state index contributed by atoms with van der Waals surface area (Å²) >= 11 is 1.22. The van der Waals surface area contributed by atoms with Crippen LogP contribution in [0.5, 0.6) is 5.75 Å². The van der Waals surface area contributed by atoms with E-state index in [2.05, 4.69) is 4.99 Å². The molecule has 0 radical (unpaired) electrons. The average molecular weight is 482 g/mol. The van der Waals surface area contributed by atoms with Gasteiger partial charge in [0.15, 0.2) is 11.0 Å². The monoisotopic (exact) mass is 481 g/mol. The maximum absolute atomic E-state index is 13.4. The van der Waals surface area contributed by atoms with Crippen LogP contribution in [0.1, 0.15) is 32.6 Å². The van der Waals surface area contributed by atoms with Crippen molar-refractivity contribution in [2.45, 2.75) is 13.8 Å². The number of amides is 1. The van der Waals surface area contributed by atoms with Crippen LogP contribution in [0, 0.1) is 25.2 Å². The van der Waals surface area contributed by atoms with E-state index in [0.717, 1.165) is 22.4 Å². The largest absolute Gasteiger partial charge is 0.497 e. The highest BCUT2D eigenvalue weighted by Crippen LogP contribution is 2.31. The van der Waals surface area contributed by atoms with Crippen molar-refractivity contribution in [2.75, 3.05) is 17.8 Å². The van der Waals surface area contributed by atoms with E-state index in [-0.39, 0.29) is 17.4 Å². The number of carbonyl (C=O) groups is 2. The topological polar surface area (TPSA) is 82.8 Å². The Morgan fingerprint density at radius 3 is 2.31 bits per heavy atom. The van der Waals surface area contributed by atoms with Crippen molar-refractivity contribution in [1.29, 1.82) is 5.26 Å². The Balaban J connectivity index is 1.64. The van der Waals surface area contributed by atoms with Gasteiger partial charge in [0.2, 0.25) is 0 Å². The molecule has 0 saturated heterocycles. The quantitative estimate of drug-likeness (QED) is 0.341. The first-order valence-electron chi connectivity index (χ1n) is 10.9. The number of ketones is 1. The number of benzene rings is 3.